The van der Waals surface area contributed by atoms with Gasteiger partial charge in [0.05, 0.1) is 34.1 Å². The maximum absolute atomic E-state index is 12.9. The van der Waals surface area contributed by atoms with E-state index in [9.17, 15) is 22.8 Å². The molecule has 140 valence electrons. The van der Waals surface area contributed by atoms with E-state index in [2.05, 4.69) is 10.4 Å². The summed E-state index contributed by atoms with van der Waals surface area (Å²) in [6, 6.07) is 4.60. The summed E-state index contributed by atoms with van der Waals surface area (Å²) in [7, 11) is 0. The number of carboxylic acid groups (broad SMARTS) is 1. The molecule has 0 aliphatic rings. The first-order chi connectivity index (χ1) is 11.9. The van der Waals surface area contributed by atoms with Gasteiger partial charge in [-0.2, -0.15) is 18.3 Å². The van der Waals surface area contributed by atoms with Gasteiger partial charge in [-0.05, 0) is 39.0 Å². The summed E-state index contributed by atoms with van der Waals surface area (Å²) in [4.78, 5) is 23.3. The number of nitrogens with one attached hydrogen (secondary N) is 1. The van der Waals surface area contributed by atoms with Crippen LogP contribution in [0, 0.1) is 12.3 Å². The molecular weight excluding hydrogens is 351 g/mol. The standard InChI is InChI=1S/C17H18F3N3O3/c1-10-13(14(24)21-9-16(2,3)15(25)26)8-22-23(10)12-6-4-5-11(7-12)17(18,19)20/h4-8H,9H2,1-3H3,(H,21,24)(H,25,26). The average molecular weight is 369 g/mol. The Morgan fingerprint density at radius 1 is 1.27 bits per heavy atom. The van der Waals surface area contributed by atoms with E-state index in [1.54, 1.807) is 6.92 Å². The molecule has 1 heterocycles. The number of carbonyl (C=O) groups excluding carboxylic acids is 1. The number of carbonyl (C=O) groups is 2. The lowest BCUT2D eigenvalue weighted by Crippen LogP contribution is -2.39. The zero-order valence-electron chi connectivity index (χ0n) is 14.4. The molecule has 0 unspecified atom stereocenters. The van der Waals surface area contributed by atoms with E-state index >= 15 is 0 Å². The largest absolute Gasteiger partial charge is 0.481 e. The molecule has 9 heteroatoms. The predicted molar refractivity (Wildman–Crippen MR) is 87.1 cm³/mol. The maximum atomic E-state index is 12.9. The van der Waals surface area contributed by atoms with Crippen molar-refractivity contribution < 1.29 is 27.9 Å². The fourth-order valence-corrected chi connectivity index (χ4v) is 2.18. The molecule has 0 bridgehead atoms. The minimum atomic E-state index is -4.49. The number of benzene rings is 1. The van der Waals surface area contributed by atoms with E-state index in [-0.39, 0.29) is 17.8 Å². The molecule has 0 aliphatic carbocycles. The molecular formula is C17H18F3N3O3. The quantitative estimate of drug-likeness (QED) is 0.849. The lowest BCUT2D eigenvalue weighted by molar-refractivity contribution is -0.146. The van der Waals surface area contributed by atoms with Crippen molar-refractivity contribution >= 4 is 11.9 Å². The van der Waals surface area contributed by atoms with Crippen LogP contribution < -0.4 is 5.32 Å². The Bertz CT molecular complexity index is 841. The van der Waals surface area contributed by atoms with Gasteiger partial charge in [0.15, 0.2) is 0 Å². The molecule has 0 atom stereocenters. The normalized spacial score (nSPS) is 12.1. The smallest absolute Gasteiger partial charge is 0.416 e. The second kappa shape index (κ2) is 6.81. The van der Waals surface area contributed by atoms with Crippen molar-refractivity contribution in [3.05, 3.63) is 47.3 Å². The number of carboxylic acids is 1. The van der Waals surface area contributed by atoms with Gasteiger partial charge in [-0.25, -0.2) is 4.68 Å². The van der Waals surface area contributed by atoms with Crippen LogP contribution in [0.4, 0.5) is 13.2 Å². The highest BCUT2D eigenvalue weighted by molar-refractivity contribution is 5.95. The molecule has 2 N–H and O–H groups in total. The van der Waals surface area contributed by atoms with Crippen LogP contribution in [0.25, 0.3) is 5.69 Å². The Morgan fingerprint density at radius 2 is 1.92 bits per heavy atom. The molecule has 6 nitrogen and oxygen atoms in total. The molecule has 0 fully saturated rings. The van der Waals surface area contributed by atoms with Crippen LogP contribution in [-0.4, -0.2) is 33.3 Å². The van der Waals surface area contributed by atoms with E-state index in [1.165, 1.54) is 36.9 Å². The Morgan fingerprint density at radius 3 is 2.50 bits per heavy atom. The average Bonchev–Trinajstić information content (AvgIpc) is 2.93. The zero-order valence-corrected chi connectivity index (χ0v) is 14.4. The first-order valence-corrected chi connectivity index (χ1v) is 7.67. The summed E-state index contributed by atoms with van der Waals surface area (Å²) in [5.74, 6) is -1.61. The van der Waals surface area contributed by atoms with Crippen LogP contribution in [0.5, 0.6) is 0 Å². The van der Waals surface area contributed by atoms with Crippen LogP contribution >= 0.6 is 0 Å². The number of alkyl halides is 3. The van der Waals surface area contributed by atoms with Gasteiger partial charge in [0, 0.05) is 6.54 Å². The van der Waals surface area contributed by atoms with Gasteiger partial charge in [0.2, 0.25) is 0 Å². The fraction of sp³-hybridized carbons (Fsp3) is 0.353. The summed E-state index contributed by atoms with van der Waals surface area (Å²) in [5, 5.41) is 15.6. The molecule has 1 aromatic heterocycles. The Labute approximate surface area is 147 Å². The number of amides is 1. The summed E-state index contributed by atoms with van der Waals surface area (Å²) in [6.45, 7) is 4.38. The second-order valence-electron chi connectivity index (χ2n) is 6.48. The SMILES string of the molecule is Cc1c(C(=O)NCC(C)(C)C(=O)O)cnn1-c1cccc(C(F)(F)F)c1. The Balaban J connectivity index is 2.25. The third-order valence-electron chi connectivity index (χ3n) is 3.94. The highest BCUT2D eigenvalue weighted by atomic mass is 19.4. The number of hydrogen-bond acceptors (Lipinski definition) is 3. The third kappa shape index (κ3) is 4.04. The van der Waals surface area contributed by atoms with Crippen LogP contribution in [0.15, 0.2) is 30.5 Å². The number of hydrogen-bond donors (Lipinski definition) is 2. The predicted octanol–water partition coefficient (Wildman–Crippen LogP) is 3.04. The van der Waals surface area contributed by atoms with Gasteiger partial charge >= 0.3 is 12.1 Å². The number of halogens is 3. The van der Waals surface area contributed by atoms with Gasteiger partial charge in [-0.15, -0.1) is 0 Å². The van der Waals surface area contributed by atoms with Gasteiger partial charge < -0.3 is 10.4 Å². The van der Waals surface area contributed by atoms with E-state index in [0.29, 0.717) is 5.69 Å². The monoisotopic (exact) mass is 369 g/mol. The van der Waals surface area contributed by atoms with Crippen molar-refractivity contribution in [2.75, 3.05) is 6.54 Å². The molecule has 2 rings (SSSR count). The molecule has 0 saturated heterocycles. The lowest BCUT2D eigenvalue weighted by atomic mass is 9.94. The molecule has 26 heavy (non-hydrogen) atoms. The van der Waals surface area contributed by atoms with E-state index in [1.807, 2.05) is 0 Å². The highest BCUT2D eigenvalue weighted by Crippen LogP contribution is 2.30. The molecule has 1 aromatic carbocycles. The lowest BCUT2D eigenvalue weighted by Gasteiger charge is -2.19. The number of rotatable bonds is 5. The maximum Gasteiger partial charge on any atom is 0.416 e. The summed E-state index contributed by atoms with van der Waals surface area (Å²) in [6.07, 6.45) is -3.25. The Hall–Kier alpha value is -2.84. The van der Waals surface area contributed by atoms with Gasteiger partial charge in [0.1, 0.15) is 0 Å². The van der Waals surface area contributed by atoms with E-state index in [0.717, 1.165) is 12.1 Å². The van der Waals surface area contributed by atoms with Crippen molar-refractivity contribution in [3.63, 3.8) is 0 Å². The fourth-order valence-electron chi connectivity index (χ4n) is 2.18. The van der Waals surface area contributed by atoms with Crippen molar-refractivity contribution in [3.8, 4) is 5.69 Å². The third-order valence-corrected chi connectivity index (χ3v) is 3.94. The van der Waals surface area contributed by atoms with Crippen LogP contribution in [0.2, 0.25) is 0 Å². The Kier molecular flexibility index (Phi) is 5.11. The van der Waals surface area contributed by atoms with Crippen molar-refractivity contribution in [2.24, 2.45) is 5.41 Å². The zero-order chi connectivity index (χ0) is 19.7. The van der Waals surface area contributed by atoms with Crippen molar-refractivity contribution in [1.82, 2.24) is 15.1 Å². The number of nitrogens with zero attached hydrogens (tertiary/aromatic N) is 2. The number of aliphatic carboxylic acids is 1. The highest BCUT2D eigenvalue weighted by Gasteiger charge is 2.31. The summed E-state index contributed by atoms with van der Waals surface area (Å²) >= 11 is 0. The molecule has 0 aliphatic heterocycles. The van der Waals surface area contributed by atoms with Gasteiger partial charge in [-0.3, -0.25) is 9.59 Å². The summed E-state index contributed by atoms with van der Waals surface area (Å²) < 4.78 is 39.8. The molecule has 0 spiro atoms. The summed E-state index contributed by atoms with van der Waals surface area (Å²) in [5.41, 5.74) is -1.31. The topological polar surface area (TPSA) is 84.2 Å². The van der Waals surface area contributed by atoms with Crippen LogP contribution in [0.3, 0.4) is 0 Å². The molecule has 1 amide bonds. The molecule has 0 saturated carbocycles. The van der Waals surface area contributed by atoms with Gasteiger partial charge in [-0.1, -0.05) is 6.07 Å². The minimum Gasteiger partial charge on any atom is -0.481 e. The number of aromatic nitrogens is 2. The van der Waals surface area contributed by atoms with Crippen molar-refractivity contribution in [1.29, 1.82) is 0 Å². The van der Waals surface area contributed by atoms with E-state index < -0.39 is 29.0 Å². The van der Waals surface area contributed by atoms with Crippen LogP contribution in [-0.2, 0) is 11.0 Å². The first kappa shape index (κ1) is 19.5. The van der Waals surface area contributed by atoms with Crippen LogP contribution in [0.1, 0.15) is 35.5 Å². The minimum absolute atomic E-state index is 0.102. The van der Waals surface area contributed by atoms with Gasteiger partial charge in [0.25, 0.3) is 5.91 Å². The first-order valence-electron chi connectivity index (χ1n) is 7.67. The molecule has 2 aromatic rings. The molecule has 0 radical (unpaired) electrons. The second-order valence-corrected chi connectivity index (χ2v) is 6.48. The van der Waals surface area contributed by atoms with Crippen molar-refractivity contribution in [2.45, 2.75) is 26.9 Å². The van der Waals surface area contributed by atoms with E-state index in [4.69, 9.17) is 5.11 Å².